The molecule has 2 aromatic carbocycles. The van der Waals surface area contributed by atoms with E-state index < -0.39 is 11.7 Å². The number of nitrogens with zero attached hydrogens (tertiary/aromatic N) is 6. The van der Waals surface area contributed by atoms with E-state index in [1.54, 1.807) is 4.68 Å². The molecular formula is C19H17F3N6S. The number of halogens is 3. The summed E-state index contributed by atoms with van der Waals surface area (Å²) < 4.78 is 42.8. The maximum atomic E-state index is 13.1. The largest absolute Gasteiger partial charge is 0.416 e. The molecule has 0 spiro atoms. The lowest BCUT2D eigenvalue weighted by atomic mass is 10.2. The average Bonchev–Trinajstić information content (AvgIpc) is 3.31. The first-order valence-electron chi connectivity index (χ1n) is 9.00. The van der Waals surface area contributed by atoms with E-state index in [9.17, 15) is 13.2 Å². The molecule has 4 aromatic rings. The van der Waals surface area contributed by atoms with Crippen LogP contribution in [0.4, 0.5) is 13.2 Å². The molecule has 0 bridgehead atoms. The quantitative estimate of drug-likeness (QED) is 0.424. The van der Waals surface area contributed by atoms with Gasteiger partial charge in [-0.2, -0.15) is 17.9 Å². The van der Waals surface area contributed by atoms with Crippen LogP contribution in [0.1, 0.15) is 24.7 Å². The van der Waals surface area contributed by atoms with Gasteiger partial charge in [0.25, 0.3) is 0 Å². The van der Waals surface area contributed by atoms with Crippen molar-refractivity contribution < 1.29 is 13.2 Å². The summed E-state index contributed by atoms with van der Waals surface area (Å²) in [4.78, 5) is 4.54. The predicted octanol–water partition coefficient (Wildman–Crippen LogP) is 4.73. The lowest BCUT2D eigenvalue weighted by molar-refractivity contribution is -0.137. The molecule has 150 valence electrons. The highest BCUT2D eigenvalue weighted by Crippen LogP contribution is 2.33. The molecule has 6 nitrogen and oxygen atoms in total. The molecule has 0 aliphatic heterocycles. The van der Waals surface area contributed by atoms with Crippen LogP contribution in [-0.4, -0.2) is 29.8 Å². The third-order valence-electron chi connectivity index (χ3n) is 4.35. The van der Waals surface area contributed by atoms with E-state index in [0.29, 0.717) is 34.3 Å². The molecule has 2 aromatic heterocycles. The Hall–Kier alpha value is -2.88. The fourth-order valence-electron chi connectivity index (χ4n) is 3.02. The van der Waals surface area contributed by atoms with Crippen molar-refractivity contribution in [1.82, 2.24) is 29.8 Å². The molecule has 0 aliphatic carbocycles. The van der Waals surface area contributed by atoms with Crippen molar-refractivity contribution in [3.63, 3.8) is 0 Å². The smallest absolute Gasteiger partial charge is 0.319 e. The van der Waals surface area contributed by atoms with E-state index in [-0.39, 0.29) is 0 Å². The van der Waals surface area contributed by atoms with Gasteiger partial charge in [-0.15, -0.1) is 5.10 Å². The number of para-hydroxylation sites is 1. The first-order chi connectivity index (χ1) is 14.0. The lowest BCUT2D eigenvalue weighted by Gasteiger charge is -2.09. The number of hydrogen-bond acceptors (Lipinski definition) is 5. The number of benzene rings is 2. The first-order valence-corrected chi connectivity index (χ1v) is 9.99. The topological polar surface area (TPSA) is 61.4 Å². The van der Waals surface area contributed by atoms with Crippen molar-refractivity contribution in [1.29, 1.82) is 0 Å². The van der Waals surface area contributed by atoms with Crippen LogP contribution >= 0.6 is 11.8 Å². The minimum Gasteiger partial charge on any atom is -0.319 e. The van der Waals surface area contributed by atoms with Crippen LogP contribution in [0.2, 0.25) is 0 Å². The fourth-order valence-corrected chi connectivity index (χ4v) is 3.97. The van der Waals surface area contributed by atoms with Gasteiger partial charge in [0, 0.05) is 6.54 Å². The highest BCUT2D eigenvalue weighted by molar-refractivity contribution is 7.98. The second kappa shape index (κ2) is 7.86. The summed E-state index contributed by atoms with van der Waals surface area (Å²) in [7, 11) is 0. The lowest BCUT2D eigenvalue weighted by Crippen LogP contribution is -2.06. The van der Waals surface area contributed by atoms with Crippen LogP contribution < -0.4 is 0 Å². The van der Waals surface area contributed by atoms with E-state index in [0.717, 1.165) is 24.2 Å². The predicted molar refractivity (Wildman–Crippen MR) is 104 cm³/mol. The van der Waals surface area contributed by atoms with Crippen LogP contribution in [0.5, 0.6) is 0 Å². The van der Waals surface area contributed by atoms with Gasteiger partial charge in [0.1, 0.15) is 0 Å². The number of tetrazole rings is 1. The van der Waals surface area contributed by atoms with Crippen LogP contribution in [0, 0.1) is 0 Å². The zero-order valence-electron chi connectivity index (χ0n) is 15.5. The molecule has 0 saturated carbocycles. The van der Waals surface area contributed by atoms with E-state index in [1.165, 1.54) is 17.8 Å². The second-order valence-corrected chi connectivity index (χ2v) is 7.32. The summed E-state index contributed by atoms with van der Waals surface area (Å²) in [5.74, 6) is 1.06. The Balaban J connectivity index is 1.65. The van der Waals surface area contributed by atoms with Crippen LogP contribution in [0.15, 0.2) is 53.7 Å². The second-order valence-electron chi connectivity index (χ2n) is 6.38. The van der Waals surface area contributed by atoms with E-state index >= 15 is 0 Å². The van der Waals surface area contributed by atoms with E-state index in [2.05, 4.69) is 20.5 Å². The molecule has 0 amide bonds. The van der Waals surface area contributed by atoms with Gasteiger partial charge in [-0.05, 0) is 47.2 Å². The summed E-state index contributed by atoms with van der Waals surface area (Å²) in [5, 5.41) is 12.5. The number of thioether (sulfide) groups is 1. The van der Waals surface area contributed by atoms with Crippen molar-refractivity contribution in [3.8, 4) is 5.69 Å². The van der Waals surface area contributed by atoms with E-state index in [1.807, 2.05) is 41.8 Å². The maximum absolute atomic E-state index is 13.1. The first kappa shape index (κ1) is 19.4. The molecule has 0 N–H and O–H groups in total. The van der Waals surface area contributed by atoms with Crippen molar-refractivity contribution in [3.05, 3.63) is 59.9 Å². The maximum Gasteiger partial charge on any atom is 0.416 e. The number of aryl methyl sites for hydroxylation is 1. The number of hydrogen-bond donors (Lipinski definition) is 0. The monoisotopic (exact) mass is 418 g/mol. The Bertz CT molecular complexity index is 1120. The standard InChI is InChI=1S/C19H17F3N6S/c1-2-10-27-16-11-13(19(20,21)22)8-9-15(16)23-18(27)29-12-17-24-25-26-28(17)14-6-4-3-5-7-14/h3-9,11H,2,10,12H2,1H3. The number of fused-ring (bicyclic) bond motifs is 1. The van der Waals surface area contributed by atoms with Gasteiger partial charge in [0.2, 0.25) is 0 Å². The normalized spacial score (nSPS) is 12.0. The Kier molecular flexibility index (Phi) is 5.27. The van der Waals surface area contributed by atoms with Gasteiger partial charge >= 0.3 is 6.18 Å². The molecule has 2 heterocycles. The molecule has 0 aliphatic rings. The van der Waals surface area contributed by atoms with Crippen LogP contribution in [0.3, 0.4) is 0 Å². The Morgan fingerprint density at radius 2 is 1.86 bits per heavy atom. The highest BCUT2D eigenvalue weighted by atomic mass is 32.2. The van der Waals surface area contributed by atoms with Gasteiger partial charge in [0.05, 0.1) is 28.0 Å². The van der Waals surface area contributed by atoms with Crippen molar-refractivity contribution in [2.75, 3.05) is 0 Å². The summed E-state index contributed by atoms with van der Waals surface area (Å²) in [6.45, 7) is 2.55. The molecule has 0 atom stereocenters. The zero-order valence-corrected chi connectivity index (χ0v) is 16.3. The molecule has 0 saturated heterocycles. The van der Waals surface area contributed by atoms with Gasteiger partial charge in [-0.3, -0.25) is 0 Å². The molecule has 29 heavy (non-hydrogen) atoms. The Morgan fingerprint density at radius 1 is 1.07 bits per heavy atom. The Morgan fingerprint density at radius 3 is 2.59 bits per heavy atom. The highest BCUT2D eigenvalue weighted by Gasteiger charge is 2.31. The zero-order chi connectivity index (χ0) is 20.4. The van der Waals surface area contributed by atoms with Gasteiger partial charge < -0.3 is 4.57 Å². The number of aromatic nitrogens is 6. The SMILES string of the molecule is CCCn1c(SCc2nnnn2-c2ccccc2)nc2ccc(C(F)(F)F)cc21. The van der Waals surface area contributed by atoms with Crippen LogP contribution in [-0.2, 0) is 18.5 Å². The van der Waals surface area contributed by atoms with Crippen molar-refractivity contribution in [2.24, 2.45) is 0 Å². The molecule has 4 rings (SSSR count). The molecular weight excluding hydrogens is 401 g/mol. The minimum absolute atomic E-state index is 0.432. The summed E-state index contributed by atoms with van der Waals surface area (Å²) in [6, 6.07) is 13.1. The molecule has 0 fully saturated rings. The third-order valence-corrected chi connectivity index (χ3v) is 5.33. The summed E-state index contributed by atoms with van der Waals surface area (Å²) in [5.41, 5.74) is 1.18. The minimum atomic E-state index is -4.39. The van der Waals surface area contributed by atoms with Crippen molar-refractivity contribution in [2.45, 2.75) is 37.0 Å². The van der Waals surface area contributed by atoms with E-state index in [4.69, 9.17) is 0 Å². The number of alkyl halides is 3. The molecule has 0 unspecified atom stereocenters. The molecule has 0 radical (unpaired) electrons. The Labute approximate surface area is 168 Å². The number of imidazole rings is 1. The molecule has 10 heteroatoms. The van der Waals surface area contributed by atoms with Gasteiger partial charge in [-0.25, -0.2) is 4.98 Å². The average molecular weight is 418 g/mol. The van der Waals surface area contributed by atoms with Crippen molar-refractivity contribution >= 4 is 22.8 Å². The van der Waals surface area contributed by atoms with Gasteiger partial charge in [0.15, 0.2) is 11.0 Å². The third kappa shape index (κ3) is 3.98. The van der Waals surface area contributed by atoms with Crippen LogP contribution in [0.25, 0.3) is 16.7 Å². The van der Waals surface area contributed by atoms with Gasteiger partial charge in [-0.1, -0.05) is 36.9 Å². The summed E-state index contributed by atoms with van der Waals surface area (Å²) >= 11 is 1.40. The fraction of sp³-hybridized carbons (Fsp3) is 0.263. The summed E-state index contributed by atoms with van der Waals surface area (Å²) in [6.07, 6.45) is -3.61. The number of rotatable bonds is 6.